The molecule has 3 nitrogen and oxygen atoms in total. The van der Waals surface area contributed by atoms with E-state index in [1.54, 1.807) is 0 Å². The van der Waals surface area contributed by atoms with Crippen molar-refractivity contribution in [3.8, 4) is 0 Å². The van der Waals surface area contributed by atoms with Crippen LogP contribution in [0.15, 0.2) is 34.9 Å². The maximum atomic E-state index is 4.54. The maximum Gasteiger partial charge on any atom is 0.0839 e. The number of rotatable bonds is 5. The van der Waals surface area contributed by atoms with Crippen LogP contribution < -0.4 is 5.32 Å². The van der Waals surface area contributed by atoms with Crippen molar-refractivity contribution < 1.29 is 0 Å². The molecule has 2 aromatic rings. The van der Waals surface area contributed by atoms with Gasteiger partial charge >= 0.3 is 0 Å². The average Bonchev–Trinajstić information content (AvgIpc) is 2.80. The van der Waals surface area contributed by atoms with Gasteiger partial charge in [-0.2, -0.15) is 5.10 Å². The molecule has 1 atom stereocenters. The summed E-state index contributed by atoms with van der Waals surface area (Å²) in [6, 6.07) is 8.64. The summed E-state index contributed by atoms with van der Waals surface area (Å²) < 4.78 is 2.97. The minimum atomic E-state index is 0.135. The lowest BCUT2D eigenvalue weighted by atomic mass is 10.0. The van der Waals surface area contributed by atoms with E-state index in [0.717, 1.165) is 23.1 Å². The second-order valence-corrected chi connectivity index (χ2v) is 5.68. The molecule has 0 aliphatic heterocycles. The van der Waals surface area contributed by atoms with Gasteiger partial charge in [0, 0.05) is 17.7 Å². The third-order valence-electron chi connectivity index (χ3n) is 3.09. The van der Waals surface area contributed by atoms with Crippen LogP contribution in [0.5, 0.6) is 0 Å². The predicted molar refractivity (Wildman–Crippen MR) is 82.2 cm³/mol. The van der Waals surface area contributed by atoms with Crippen molar-refractivity contribution >= 4 is 15.9 Å². The first-order valence-electron chi connectivity index (χ1n) is 6.60. The molecule has 0 radical (unpaired) electrons. The number of hydrogen-bond acceptors (Lipinski definition) is 2. The summed E-state index contributed by atoms with van der Waals surface area (Å²) in [7, 11) is 1.95. The molecule has 19 heavy (non-hydrogen) atoms. The van der Waals surface area contributed by atoms with Crippen molar-refractivity contribution in [2.75, 3.05) is 6.54 Å². The van der Waals surface area contributed by atoms with Crippen molar-refractivity contribution in [2.24, 2.45) is 7.05 Å². The van der Waals surface area contributed by atoms with Gasteiger partial charge in [-0.25, -0.2) is 0 Å². The number of halogens is 1. The predicted octanol–water partition coefficient (Wildman–Crippen LogP) is 3.58. The molecule has 0 bridgehead atoms. The molecule has 0 spiro atoms. The highest BCUT2D eigenvalue weighted by Crippen LogP contribution is 2.28. The van der Waals surface area contributed by atoms with E-state index in [1.807, 2.05) is 17.9 Å². The van der Waals surface area contributed by atoms with Crippen LogP contribution in [0.25, 0.3) is 0 Å². The monoisotopic (exact) mass is 321 g/mol. The van der Waals surface area contributed by atoms with Crippen molar-refractivity contribution in [2.45, 2.75) is 26.3 Å². The van der Waals surface area contributed by atoms with Gasteiger partial charge in [-0.3, -0.25) is 4.68 Å². The van der Waals surface area contributed by atoms with Gasteiger partial charge in [0.15, 0.2) is 0 Å². The fourth-order valence-corrected chi connectivity index (χ4v) is 2.61. The Kier molecular flexibility index (Phi) is 4.77. The highest BCUT2D eigenvalue weighted by Gasteiger charge is 2.18. The molecule has 4 heteroatoms. The molecular formula is C15H20BrN3. The normalized spacial score (nSPS) is 12.6. The summed E-state index contributed by atoms with van der Waals surface area (Å²) in [4.78, 5) is 0. The zero-order valence-corrected chi connectivity index (χ0v) is 13.2. The first-order chi connectivity index (χ1) is 9.11. The fraction of sp³-hybridized carbons (Fsp3) is 0.400. The van der Waals surface area contributed by atoms with E-state index in [2.05, 4.69) is 64.5 Å². The van der Waals surface area contributed by atoms with Gasteiger partial charge in [0.1, 0.15) is 0 Å². The molecular weight excluding hydrogens is 302 g/mol. The number of aromatic nitrogens is 2. The van der Waals surface area contributed by atoms with E-state index < -0.39 is 0 Å². The Hall–Kier alpha value is -1.13. The first-order valence-corrected chi connectivity index (χ1v) is 7.40. The molecule has 0 saturated carbocycles. The number of benzene rings is 1. The SMILES string of the molecule is CCCNC(c1ccn(C)n1)c1cc(C)ccc1Br. The molecule has 1 aromatic heterocycles. The molecule has 0 saturated heterocycles. The van der Waals surface area contributed by atoms with Gasteiger partial charge < -0.3 is 5.32 Å². The molecule has 0 aliphatic carbocycles. The summed E-state index contributed by atoms with van der Waals surface area (Å²) in [5.41, 5.74) is 3.56. The minimum absolute atomic E-state index is 0.135. The van der Waals surface area contributed by atoms with Crippen molar-refractivity contribution in [1.29, 1.82) is 0 Å². The van der Waals surface area contributed by atoms with Crippen LogP contribution in [-0.4, -0.2) is 16.3 Å². The van der Waals surface area contributed by atoms with Gasteiger partial charge in [0.25, 0.3) is 0 Å². The van der Waals surface area contributed by atoms with Crippen LogP contribution in [-0.2, 0) is 7.05 Å². The zero-order valence-electron chi connectivity index (χ0n) is 11.7. The molecule has 1 unspecified atom stereocenters. The number of aryl methyl sites for hydroxylation is 2. The Labute approximate surface area is 123 Å². The van der Waals surface area contributed by atoms with Gasteiger partial charge in [-0.15, -0.1) is 0 Å². The van der Waals surface area contributed by atoms with E-state index in [-0.39, 0.29) is 6.04 Å². The molecule has 0 amide bonds. The smallest absolute Gasteiger partial charge is 0.0839 e. The first kappa shape index (κ1) is 14.3. The highest BCUT2D eigenvalue weighted by atomic mass is 79.9. The molecule has 1 heterocycles. The lowest BCUT2D eigenvalue weighted by Crippen LogP contribution is -2.24. The second kappa shape index (κ2) is 6.35. The van der Waals surface area contributed by atoms with Gasteiger partial charge in [0.05, 0.1) is 11.7 Å². The largest absolute Gasteiger partial charge is 0.305 e. The topological polar surface area (TPSA) is 29.9 Å². The van der Waals surface area contributed by atoms with E-state index in [1.165, 1.54) is 11.1 Å². The Bertz CT molecular complexity index is 548. The lowest BCUT2D eigenvalue weighted by Gasteiger charge is -2.19. The summed E-state index contributed by atoms with van der Waals surface area (Å²) >= 11 is 3.65. The quantitative estimate of drug-likeness (QED) is 0.912. The van der Waals surface area contributed by atoms with Crippen LogP contribution in [0.4, 0.5) is 0 Å². The Balaban J connectivity index is 2.39. The third-order valence-corrected chi connectivity index (χ3v) is 3.81. The fourth-order valence-electron chi connectivity index (χ4n) is 2.13. The van der Waals surface area contributed by atoms with Crippen LogP contribution in [0.3, 0.4) is 0 Å². The second-order valence-electron chi connectivity index (χ2n) is 4.83. The standard InChI is InChI=1S/C15H20BrN3/c1-4-8-17-15(14-7-9-19(3)18-14)12-10-11(2)5-6-13(12)16/h5-7,9-10,15,17H,4,8H2,1-3H3. The number of nitrogens with zero attached hydrogens (tertiary/aromatic N) is 2. The molecule has 1 aromatic carbocycles. The Morgan fingerprint density at radius 1 is 1.37 bits per heavy atom. The molecule has 0 aliphatic rings. The highest BCUT2D eigenvalue weighted by molar-refractivity contribution is 9.10. The minimum Gasteiger partial charge on any atom is -0.305 e. The number of nitrogens with one attached hydrogen (secondary N) is 1. The Morgan fingerprint density at radius 2 is 2.16 bits per heavy atom. The van der Waals surface area contributed by atoms with Gasteiger partial charge in [0.2, 0.25) is 0 Å². The van der Waals surface area contributed by atoms with Crippen molar-refractivity contribution in [3.63, 3.8) is 0 Å². The molecule has 0 fully saturated rings. The maximum absolute atomic E-state index is 4.54. The van der Waals surface area contributed by atoms with Crippen LogP contribution >= 0.6 is 15.9 Å². The van der Waals surface area contributed by atoms with Crippen LogP contribution in [0, 0.1) is 6.92 Å². The molecule has 1 N–H and O–H groups in total. The summed E-state index contributed by atoms with van der Waals surface area (Å²) in [6.45, 7) is 5.26. The van der Waals surface area contributed by atoms with E-state index in [9.17, 15) is 0 Å². The summed E-state index contributed by atoms with van der Waals surface area (Å²) in [6.07, 6.45) is 3.09. The van der Waals surface area contributed by atoms with Crippen molar-refractivity contribution in [1.82, 2.24) is 15.1 Å². The number of hydrogen-bond donors (Lipinski definition) is 1. The van der Waals surface area contributed by atoms with Crippen molar-refractivity contribution in [3.05, 3.63) is 51.8 Å². The van der Waals surface area contributed by atoms with E-state index in [0.29, 0.717) is 0 Å². The van der Waals surface area contributed by atoms with Crippen LogP contribution in [0.2, 0.25) is 0 Å². The van der Waals surface area contributed by atoms with E-state index >= 15 is 0 Å². The summed E-state index contributed by atoms with van der Waals surface area (Å²) in [5, 5.41) is 8.12. The Morgan fingerprint density at radius 3 is 2.79 bits per heavy atom. The van der Waals surface area contributed by atoms with Gasteiger partial charge in [-0.05, 0) is 37.6 Å². The van der Waals surface area contributed by atoms with Gasteiger partial charge in [-0.1, -0.05) is 40.5 Å². The molecule has 2 rings (SSSR count). The molecule has 102 valence electrons. The summed E-state index contributed by atoms with van der Waals surface area (Å²) in [5.74, 6) is 0. The van der Waals surface area contributed by atoms with Crippen LogP contribution in [0.1, 0.15) is 36.2 Å². The zero-order chi connectivity index (χ0) is 13.8. The third kappa shape index (κ3) is 3.45. The lowest BCUT2D eigenvalue weighted by molar-refractivity contribution is 0.574. The van der Waals surface area contributed by atoms with E-state index in [4.69, 9.17) is 0 Å². The average molecular weight is 322 g/mol.